The number of carbonyl (C=O) groups is 1. The lowest BCUT2D eigenvalue weighted by molar-refractivity contribution is -0.123. The second-order valence-electron chi connectivity index (χ2n) is 13.9. The number of benzene rings is 1. The average Bonchev–Trinajstić information content (AvgIpc) is 3.43. The first kappa shape index (κ1) is 34.3. The van der Waals surface area contributed by atoms with Crippen LogP contribution in [0, 0.1) is 19.8 Å². The number of fused-ring (bicyclic) bond motifs is 1. The van der Waals surface area contributed by atoms with Crippen LogP contribution in [0.3, 0.4) is 0 Å². The molecule has 3 aliphatic rings. The van der Waals surface area contributed by atoms with Crippen LogP contribution in [0.4, 0.5) is 5.95 Å². The molecule has 3 atom stereocenters. The van der Waals surface area contributed by atoms with E-state index in [-0.39, 0.29) is 36.1 Å². The van der Waals surface area contributed by atoms with Crippen LogP contribution in [-0.4, -0.2) is 83.2 Å². The SMILES string of the molecule is CSc1cc(C)[nH]c(=O)c1CNC(=O)c1cc(-c2cnc(N3CC(C)O[C@H](C)C3)nc2)c2c(c1C)OC(C)(C1CCC(N(C)C)CC1)O2. The summed E-state index contributed by atoms with van der Waals surface area (Å²) in [7, 11) is 4.27. The van der Waals surface area contributed by atoms with Gasteiger partial charge in [-0.1, -0.05) is 0 Å². The number of ether oxygens (including phenoxy) is 3. The third kappa shape index (κ3) is 6.79. The van der Waals surface area contributed by atoms with Crippen LogP contribution >= 0.6 is 11.8 Å². The van der Waals surface area contributed by atoms with Gasteiger partial charge >= 0.3 is 0 Å². The molecule has 2 unspecified atom stereocenters. The Kier molecular flexibility index (Phi) is 9.79. The van der Waals surface area contributed by atoms with Crippen LogP contribution in [0.1, 0.15) is 73.6 Å². The van der Waals surface area contributed by atoms with Crippen LogP contribution in [0.25, 0.3) is 11.1 Å². The maximum atomic E-state index is 13.9. The molecular weight excluding hydrogens is 629 g/mol. The van der Waals surface area contributed by atoms with Crippen LogP contribution in [-0.2, 0) is 11.3 Å². The first-order valence-corrected chi connectivity index (χ1v) is 18.1. The minimum atomic E-state index is -0.877. The first-order valence-electron chi connectivity index (χ1n) is 16.9. The highest BCUT2D eigenvalue weighted by atomic mass is 32.2. The van der Waals surface area contributed by atoms with E-state index in [9.17, 15) is 9.59 Å². The van der Waals surface area contributed by atoms with Crippen molar-refractivity contribution in [1.82, 2.24) is 25.2 Å². The van der Waals surface area contributed by atoms with Gasteiger partial charge in [0.1, 0.15) is 0 Å². The molecule has 11 nitrogen and oxygen atoms in total. The molecule has 258 valence electrons. The van der Waals surface area contributed by atoms with Crippen LogP contribution < -0.4 is 25.2 Å². The Bertz CT molecular complexity index is 1710. The van der Waals surface area contributed by atoms with E-state index in [1.807, 2.05) is 39.2 Å². The molecule has 3 aromatic rings. The number of thioether (sulfide) groups is 1. The number of anilines is 1. The molecular formula is C36H48N6O5S. The topological polar surface area (TPSA) is 122 Å². The van der Waals surface area contributed by atoms with E-state index < -0.39 is 5.79 Å². The van der Waals surface area contributed by atoms with Crippen LogP contribution in [0.2, 0.25) is 0 Å². The number of hydrogen-bond donors (Lipinski definition) is 2. The Labute approximate surface area is 287 Å². The van der Waals surface area contributed by atoms with Gasteiger partial charge in [-0.25, -0.2) is 9.97 Å². The largest absolute Gasteiger partial charge is 0.448 e. The molecule has 0 bridgehead atoms. The average molecular weight is 677 g/mol. The smallest absolute Gasteiger partial charge is 0.254 e. The van der Waals surface area contributed by atoms with E-state index >= 15 is 0 Å². The number of hydrogen-bond acceptors (Lipinski definition) is 10. The van der Waals surface area contributed by atoms with Gasteiger partial charge in [-0.15, -0.1) is 11.8 Å². The maximum Gasteiger partial charge on any atom is 0.254 e. The van der Waals surface area contributed by atoms with E-state index in [1.165, 1.54) is 11.8 Å². The highest BCUT2D eigenvalue weighted by molar-refractivity contribution is 7.98. The second kappa shape index (κ2) is 13.7. The molecule has 6 rings (SSSR count). The lowest BCUT2D eigenvalue weighted by Gasteiger charge is -2.39. The fourth-order valence-corrected chi connectivity index (χ4v) is 8.09. The predicted molar refractivity (Wildman–Crippen MR) is 188 cm³/mol. The Morgan fingerprint density at radius 1 is 1.06 bits per heavy atom. The second-order valence-corrected chi connectivity index (χ2v) is 14.7. The molecule has 4 heterocycles. The minimum absolute atomic E-state index is 0.0805. The van der Waals surface area contributed by atoms with Crippen LogP contribution in [0.15, 0.2) is 34.2 Å². The van der Waals surface area contributed by atoms with Crippen molar-refractivity contribution in [3.63, 3.8) is 0 Å². The summed E-state index contributed by atoms with van der Waals surface area (Å²) in [5.41, 5.74) is 3.65. The summed E-state index contributed by atoms with van der Waals surface area (Å²) < 4.78 is 19.4. The normalized spacial score (nSPS) is 25.4. The number of aromatic amines is 1. The molecule has 0 spiro atoms. The van der Waals surface area contributed by atoms with Gasteiger partial charge in [0, 0.05) is 89.3 Å². The molecule has 12 heteroatoms. The Balaban J connectivity index is 1.34. The number of amides is 1. The Hall–Kier alpha value is -3.61. The molecule has 1 saturated heterocycles. The number of carbonyl (C=O) groups excluding carboxylic acids is 1. The number of morpholine rings is 1. The van der Waals surface area contributed by atoms with Crippen molar-refractivity contribution in [2.24, 2.45) is 5.92 Å². The molecule has 1 aliphatic carbocycles. The summed E-state index contributed by atoms with van der Waals surface area (Å²) in [6, 6.07) is 4.31. The summed E-state index contributed by atoms with van der Waals surface area (Å²) in [4.78, 5) is 44.3. The van der Waals surface area contributed by atoms with Crippen LogP contribution in [0.5, 0.6) is 11.5 Å². The van der Waals surface area contributed by atoms with Gasteiger partial charge in [-0.3, -0.25) is 9.59 Å². The van der Waals surface area contributed by atoms with Crippen molar-refractivity contribution in [1.29, 1.82) is 0 Å². The Morgan fingerprint density at radius 3 is 2.33 bits per heavy atom. The van der Waals surface area contributed by atoms with E-state index in [0.29, 0.717) is 58.8 Å². The molecule has 1 saturated carbocycles. The molecule has 2 aliphatic heterocycles. The van der Waals surface area contributed by atoms with Gasteiger partial charge in [0.25, 0.3) is 17.3 Å². The number of pyridine rings is 1. The number of nitrogens with one attached hydrogen (secondary N) is 2. The van der Waals surface area contributed by atoms with Crippen molar-refractivity contribution in [2.45, 2.75) is 95.8 Å². The molecule has 1 amide bonds. The van der Waals surface area contributed by atoms with Crippen molar-refractivity contribution in [3.8, 4) is 22.6 Å². The van der Waals surface area contributed by atoms with E-state index in [4.69, 9.17) is 24.2 Å². The van der Waals surface area contributed by atoms with E-state index in [0.717, 1.165) is 41.8 Å². The van der Waals surface area contributed by atoms with Crippen molar-refractivity contribution in [2.75, 3.05) is 38.3 Å². The fourth-order valence-electron chi connectivity index (χ4n) is 7.38. The van der Waals surface area contributed by atoms with Gasteiger partial charge in [0.15, 0.2) is 11.5 Å². The minimum Gasteiger partial charge on any atom is -0.448 e. The van der Waals surface area contributed by atoms with Gasteiger partial charge in [-0.2, -0.15) is 0 Å². The lowest BCUT2D eigenvalue weighted by atomic mass is 9.81. The number of nitrogens with zero attached hydrogens (tertiary/aromatic N) is 4. The zero-order valence-electron chi connectivity index (χ0n) is 29.3. The molecule has 0 radical (unpaired) electrons. The molecule has 2 N–H and O–H groups in total. The van der Waals surface area contributed by atoms with Gasteiger partial charge in [0.05, 0.1) is 12.2 Å². The molecule has 2 aromatic heterocycles. The number of rotatable bonds is 8. The van der Waals surface area contributed by atoms with E-state index in [1.54, 1.807) is 12.4 Å². The van der Waals surface area contributed by atoms with Gasteiger partial charge in [0.2, 0.25) is 5.95 Å². The fraction of sp³-hybridized carbons (Fsp3) is 0.556. The highest BCUT2D eigenvalue weighted by Crippen LogP contribution is 2.52. The number of H-pyrrole nitrogens is 1. The van der Waals surface area contributed by atoms with E-state index in [2.05, 4.69) is 48.0 Å². The zero-order valence-corrected chi connectivity index (χ0v) is 30.1. The zero-order chi connectivity index (χ0) is 34.3. The summed E-state index contributed by atoms with van der Waals surface area (Å²) in [5, 5.41) is 3.00. The van der Waals surface area contributed by atoms with Gasteiger partial charge in [-0.05, 0) is 85.9 Å². The van der Waals surface area contributed by atoms with Crippen molar-refractivity contribution in [3.05, 3.63) is 57.3 Å². The molecule has 2 fully saturated rings. The molecule has 48 heavy (non-hydrogen) atoms. The summed E-state index contributed by atoms with van der Waals surface area (Å²) in [6.07, 6.45) is 9.76. The number of aryl methyl sites for hydroxylation is 1. The first-order chi connectivity index (χ1) is 22.9. The summed E-state index contributed by atoms with van der Waals surface area (Å²) >= 11 is 1.48. The highest BCUT2D eigenvalue weighted by Gasteiger charge is 2.47. The van der Waals surface area contributed by atoms with Crippen molar-refractivity contribution >= 4 is 23.6 Å². The monoisotopic (exact) mass is 676 g/mol. The van der Waals surface area contributed by atoms with Crippen molar-refractivity contribution < 1.29 is 19.0 Å². The summed E-state index contributed by atoms with van der Waals surface area (Å²) in [6.45, 7) is 11.4. The van der Waals surface area contributed by atoms with Gasteiger partial charge < -0.3 is 34.3 Å². The Morgan fingerprint density at radius 2 is 1.71 bits per heavy atom. The summed E-state index contributed by atoms with van der Waals surface area (Å²) in [5.74, 6) is 0.806. The standard InChI is InChI=1S/C36H48N6O5S/c1-20-13-30(48-8)29(34(44)40-20)17-37-33(43)27-14-28(24-15-38-35(39-16-24)42-18-21(2)45-22(3)19-42)32-31(23(27)4)46-36(5,47-32)25-9-11-26(12-10-25)41(6)7/h13-16,21-22,25-26H,9-12,17-19H2,1-8H3,(H,37,43)(H,40,44)/t21-,22?,25?,26?,36?/m1/s1. The third-order valence-electron chi connectivity index (χ3n) is 10.0. The maximum absolute atomic E-state index is 13.9. The third-order valence-corrected chi connectivity index (χ3v) is 10.8. The quantitative estimate of drug-likeness (QED) is 0.303. The number of aromatic nitrogens is 3. The molecule has 1 aromatic carbocycles. The lowest BCUT2D eigenvalue weighted by Crippen LogP contribution is -2.46. The predicted octanol–water partition coefficient (Wildman–Crippen LogP) is 5.32.